The van der Waals surface area contributed by atoms with E-state index in [-0.39, 0.29) is 5.60 Å². The van der Waals surface area contributed by atoms with E-state index in [0.29, 0.717) is 6.04 Å². The standard InChI is InChI=1S/C15H26N4O/c1-15(2)11-19(8-9-20-15)7-6-16-13-4-3-5-14-12(13)10-17-18-14/h10,13,16H,3-9,11H2,1-2H3,(H,17,18). The molecule has 1 aromatic heterocycles. The Morgan fingerprint density at radius 1 is 1.55 bits per heavy atom. The predicted octanol–water partition coefficient (Wildman–Crippen LogP) is 1.49. The molecule has 5 nitrogen and oxygen atoms in total. The summed E-state index contributed by atoms with van der Waals surface area (Å²) >= 11 is 0. The lowest BCUT2D eigenvalue weighted by Crippen LogP contribution is -2.50. The van der Waals surface area contributed by atoms with E-state index in [1.54, 1.807) is 0 Å². The monoisotopic (exact) mass is 278 g/mol. The molecule has 112 valence electrons. The molecule has 5 heteroatoms. The van der Waals surface area contributed by atoms with E-state index < -0.39 is 0 Å². The van der Waals surface area contributed by atoms with Crippen molar-refractivity contribution in [1.29, 1.82) is 0 Å². The Hall–Kier alpha value is -0.910. The van der Waals surface area contributed by atoms with Gasteiger partial charge in [-0.25, -0.2) is 0 Å². The minimum absolute atomic E-state index is 0.000810. The first-order chi connectivity index (χ1) is 9.64. The van der Waals surface area contributed by atoms with E-state index in [1.165, 1.54) is 24.1 Å². The van der Waals surface area contributed by atoms with Crippen molar-refractivity contribution in [2.45, 2.75) is 44.8 Å². The fraction of sp³-hybridized carbons (Fsp3) is 0.800. The number of hydrogen-bond donors (Lipinski definition) is 2. The van der Waals surface area contributed by atoms with E-state index >= 15 is 0 Å². The molecule has 2 aliphatic rings. The van der Waals surface area contributed by atoms with Gasteiger partial charge in [-0.05, 0) is 33.1 Å². The molecule has 0 saturated carbocycles. The van der Waals surface area contributed by atoms with Gasteiger partial charge in [0.15, 0.2) is 0 Å². The summed E-state index contributed by atoms with van der Waals surface area (Å²) < 4.78 is 5.75. The smallest absolute Gasteiger partial charge is 0.0753 e. The number of hydrogen-bond acceptors (Lipinski definition) is 4. The van der Waals surface area contributed by atoms with E-state index in [1.807, 2.05) is 6.20 Å². The molecule has 0 amide bonds. The molecule has 3 rings (SSSR count). The number of nitrogens with zero attached hydrogens (tertiary/aromatic N) is 2. The fourth-order valence-corrected chi connectivity index (χ4v) is 3.38. The van der Waals surface area contributed by atoms with Crippen molar-refractivity contribution in [1.82, 2.24) is 20.4 Å². The number of fused-ring (bicyclic) bond motifs is 1. The third-order valence-corrected chi connectivity index (χ3v) is 4.37. The molecule has 1 unspecified atom stereocenters. The highest BCUT2D eigenvalue weighted by Crippen LogP contribution is 2.27. The third kappa shape index (κ3) is 3.22. The second-order valence-corrected chi connectivity index (χ2v) is 6.59. The summed E-state index contributed by atoms with van der Waals surface area (Å²) in [6.07, 6.45) is 5.60. The minimum atomic E-state index is 0.000810. The number of ether oxygens (including phenoxy) is 1. The largest absolute Gasteiger partial charge is 0.373 e. The second-order valence-electron chi connectivity index (χ2n) is 6.59. The van der Waals surface area contributed by atoms with Gasteiger partial charge in [0.05, 0.1) is 18.4 Å². The van der Waals surface area contributed by atoms with Crippen LogP contribution in [0.2, 0.25) is 0 Å². The maximum atomic E-state index is 5.75. The Kier molecular flexibility index (Phi) is 4.10. The predicted molar refractivity (Wildman–Crippen MR) is 78.7 cm³/mol. The normalized spacial score (nSPS) is 26.4. The molecule has 0 aromatic carbocycles. The van der Waals surface area contributed by atoms with Gasteiger partial charge < -0.3 is 10.1 Å². The van der Waals surface area contributed by atoms with Crippen molar-refractivity contribution in [3.8, 4) is 0 Å². The number of nitrogens with one attached hydrogen (secondary N) is 2. The first-order valence-corrected chi connectivity index (χ1v) is 7.76. The molecule has 1 fully saturated rings. The van der Waals surface area contributed by atoms with Crippen molar-refractivity contribution in [3.05, 3.63) is 17.5 Å². The SMILES string of the molecule is CC1(C)CN(CCNC2CCCc3[nH]ncc32)CCO1. The highest BCUT2D eigenvalue weighted by Gasteiger charge is 2.27. The molecule has 2 N–H and O–H groups in total. The van der Waals surface area contributed by atoms with Crippen LogP contribution < -0.4 is 5.32 Å². The molecule has 1 aliphatic carbocycles. The molecule has 0 radical (unpaired) electrons. The van der Waals surface area contributed by atoms with Crippen LogP contribution >= 0.6 is 0 Å². The Morgan fingerprint density at radius 3 is 3.30 bits per heavy atom. The highest BCUT2D eigenvalue weighted by molar-refractivity contribution is 5.23. The number of aromatic nitrogens is 2. The fourth-order valence-electron chi connectivity index (χ4n) is 3.38. The van der Waals surface area contributed by atoms with E-state index in [4.69, 9.17) is 4.74 Å². The molecule has 1 saturated heterocycles. The molecule has 1 aromatic rings. The van der Waals surface area contributed by atoms with Crippen LogP contribution in [0.1, 0.15) is 44.0 Å². The summed E-state index contributed by atoms with van der Waals surface area (Å²) in [5, 5.41) is 11.0. The maximum Gasteiger partial charge on any atom is 0.0753 e. The number of rotatable bonds is 4. The van der Waals surface area contributed by atoms with Crippen molar-refractivity contribution >= 4 is 0 Å². The lowest BCUT2D eigenvalue weighted by atomic mass is 9.93. The van der Waals surface area contributed by atoms with Gasteiger partial charge in [0.25, 0.3) is 0 Å². The zero-order valence-electron chi connectivity index (χ0n) is 12.6. The number of aryl methyl sites for hydroxylation is 1. The molecule has 0 spiro atoms. The van der Waals surface area contributed by atoms with Crippen molar-refractivity contribution in [3.63, 3.8) is 0 Å². The van der Waals surface area contributed by atoms with E-state index in [2.05, 4.69) is 34.3 Å². The van der Waals surface area contributed by atoms with Gasteiger partial charge in [0, 0.05) is 43.5 Å². The Balaban J connectivity index is 1.47. The van der Waals surface area contributed by atoms with Crippen molar-refractivity contribution in [2.24, 2.45) is 0 Å². The first-order valence-electron chi connectivity index (χ1n) is 7.76. The topological polar surface area (TPSA) is 53.2 Å². The third-order valence-electron chi connectivity index (χ3n) is 4.37. The molecule has 1 atom stereocenters. The van der Waals surface area contributed by atoms with Gasteiger partial charge in [-0.15, -0.1) is 0 Å². The number of H-pyrrole nitrogens is 1. The summed E-state index contributed by atoms with van der Waals surface area (Å²) in [6.45, 7) is 9.39. The lowest BCUT2D eigenvalue weighted by Gasteiger charge is -2.38. The van der Waals surface area contributed by atoms with Gasteiger partial charge in [-0.2, -0.15) is 5.10 Å². The first kappa shape index (κ1) is 14.0. The summed E-state index contributed by atoms with van der Waals surface area (Å²) in [7, 11) is 0. The van der Waals surface area contributed by atoms with Crippen LogP contribution in [0.15, 0.2) is 6.20 Å². The maximum absolute atomic E-state index is 5.75. The molecular formula is C15H26N4O. The highest BCUT2D eigenvalue weighted by atomic mass is 16.5. The molecule has 0 bridgehead atoms. The van der Waals surface area contributed by atoms with Gasteiger partial charge in [0.2, 0.25) is 0 Å². The zero-order chi connectivity index (χ0) is 14.0. The van der Waals surface area contributed by atoms with Crippen LogP contribution in [0.5, 0.6) is 0 Å². The quantitative estimate of drug-likeness (QED) is 0.876. The van der Waals surface area contributed by atoms with E-state index in [9.17, 15) is 0 Å². The van der Waals surface area contributed by atoms with Crippen LogP contribution in [-0.2, 0) is 11.2 Å². The number of aromatic amines is 1. The van der Waals surface area contributed by atoms with Gasteiger partial charge in [-0.3, -0.25) is 10.00 Å². The Morgan fingerprint density at radius 2 is 2.45 bits per heavy atom. The average Bonchev–Trinajstić information content (AvgIpc) is 2.87. The average molecular weight is 278 g/mol. The van der Waals surface area contributed by atoms with Gasteiger partial charge >= 0.3 is 0 Å². The molecule has 20 heavy (non-hydrogen) atoms. The van der Waals surface area contributed by atoms with E-state index in [0.717, 1.165) is 39.2 Å². The second kappa shape index (κ2) is 5.84. The summed E-state index contributed by atoms with van der Waals surface area (Å²) in [5.41, 5.74) is 2.70. The summed E-state index contributed by atoms with van der Waals surface area (Å²) in [4.78, 5) is 2.50. The minimum Gasteiger partial charge on any atom is -0.373 e. The van der Waals surface area contributed by atoms with Crippen LogP contribution in [0.4, 0.5) is 0 Å². The molecule has 2 heterocycles. The molecular weight excluding hydrogens is 252 g/mol. The van der Waals surface area contributed by atoms with Crippen LogP contribution in [0.25, 0.3) is 0 Å². The Bertz CT molecular complexity index is 443. The Labute approximate surface area is 121 Å². The van der Waals surface area contributed by atoms with Crippen LogP contribution in [0, 0.1) is 0 Å². The summed E-state index contributed by atoms with van der Waals surface area (Å²) in [6, 6.07) is 0.478. The van der Waals surface area contributed by atoms with Crippen molar-refractivity contribution in [2.75, 3.05) is 32.8 Å². The summed E-state index contributed by atoms with van der Waals surface area (Å²) in [5.74, 6) is 0. The van der Waals surface area contributed by atoms with Gasteiger partial charge in [-0.1, -0.05) is 0 Å². The van der Waals surface area contributed by atoms with Crippen LogP contribution in [-0.4, -0.2) is 53.5 Å². The zero-order valence-corrected chi connectivity index (χ0v) is 12.6. The molecule has 1 aliphatic heterocycles. The van der Waals surface area contributed by atoms with Crippen LogP contribution in [0.3, 0.4) is 0 Å². The van der Waals surface area contributed by atoms with Crippen molar-refractivity contribution < 1.29 is 4.74 Å². The number of morpholine rings is 1. The van der Waals surface area contributed by atoms with Gasteiger partial charge in [0.1, 0.15) is 0 Å². The lowest BCUT2D eigenvalue weighted by molar-refractivity contribution is -0.0855.